The van der Waals surface area contributed by atoms with E-state index < -0.39 is 0 Å². The van der Waals surface area contributed by atoms with Crippen molar-refractivity contribution in [3.63, 3.8) is 0 Å². The molecule has 0 bridgehead atoms. The predicted molar refractivity (Wildman–Crippen MR) is 75.2 cm³/mol. The molecule has 0 saturated heterocycles. The van der Waals surface area contributed by atoms with Gasteiger partial charge in [0, 0.05) is 19.8 Å². The van der Waals surface area contributed by atoms with Crippen LogP contribution in [0.2, 0.25) is 5.02 Å². The van der Waals surface area contributed by atoms with Gasteiger partial charge in [-0.25, -0.2) is 4.98 Å². The Balaban J connectivity index is 2.71. The number of hydrogen-bond acceptors (Lipinski definition) is 3. The third kappa shape index (κ3) is 3.88. The summed E-state index contributed by atoms with van der Waals surface area (Å²) in [6, 6.07) is 1.66. The predicted octanol–water partition coefficient (Wildman–Crippen LogP) is 2.94. The number of halogens is 1. The van der Waals surface area contributed by atoms with Gasteiger partial charge in [0.2, 0.25) is 0 Å². The van der Waals surface area contributed by atoms with Crippen LogP contribution in [0.1, 0.15) is 37.0 Å². The first-order chi connectivity index (χ1) is 8.62. The summed E-state index contributed by atoms with van der Waals surface area (Å²) < 4.78 is 0. The smallest absolute Gasteiger partial charge is 0.252 e. The monoisotopic (exact) mass is 269 g/mol. The molecule has 5 heteroatoms. The Morgan fingerprint density at radius 2 is 2.11 bits per heavy atom. The van der Waals surface area contributed by atoms with E-state index in [0.717, 1.165) is 12.8 Å². The zero-order valence-corrected chi connectivity index (χ0v) is 11.8. The van der Waals surface area contributed by atoms with Crippen LogP contribution in [0.25, 0.3) is 0 Å². The summed E-state index contributed by atoms with van der Waals surface area (Å²) in [5, 5.41) is 6.17. The zero-order chi connectivity index (χ0) is 13.5. The quantitative estimate of drug-likeness (QED) is 0.835. The second kappa shape index (κ2) is 7.21. The molecule has 0 aliphatic carbocycles. The summed E-state index contributed by atoms with van der Waals surface area (Å²) in [4.78, 5) is 16.1. The van der Waals surface area contributed by atoms with Crippen LogP contribution in [-0.4, -0.2) is 24.5 Å². The summed E-state index contributed by atoms with van der Waals surface area (Å²) in [5.41, 5.74) is 0.460. The molecule has 0 aliphatic heterocycles. The van der Waals surface area contributed by atoms with Crippen molar-refractivity contribution in [2.24, 2.45) is 5.92 Å². The molecule has 2 N–H and O–H groups in total. The molecule has 1 aromatic heterocycles. The summed E-state index contributed by atoms with van der Waals surface area (Å²) in [6.07, 6.45) is 3.60. The third-order valence-corrected chi connectivity index (χ3v) is 3.36. The van der Waals surface area contributed by atoms with Crippen LogP contribution in [0.4, 0.5) is 5.82 Å². The summed E-state index contributed by atoms with van der Waals surface area (Å²) in [7, 11) is 1.75. The van der Waals surface area contributed by atoms with Gasteiger partial charge in [-0.1, -0.05) is 38.3 Å². The largest absolute Gasteiger partial charge is 0.373 e. The van der Waals surface area contributed by atoms with Crippen molar-refractivity contribution in [1.29, 1.82) is 0 Å². The lowest BCUT2D eigenvalue weighted by atomic mass is 10.0. The lowest BCUT2D eigenvalue weighted by Crippen LogP contribution is -2.29. The highest BCUT2D eigenvalue weighted by atomic mass is 35.5. The highest BCUT2D eigenvalue weighted by molar-refractivity contribution is 6.33. The number of carbonyl (C=O) groups is 1. The number of nitrogens with zero attached hydrogens (tertiary/aromatic N) is 1. The Morgan fingerprint density at radius 1 is 1.44 bits per heavy atom. The lowest BCUT2D eigenvalue weighted by molar-refractivity contribution is 0.0946. The fourth-order valence-corrected chi connectivity index (χ4v) is 1.85. The molecular formula is C13H20ClN3O. The van der Waals surface area contributed by atoms with Crippen LogP contribution < -0.4 is 10.6 Å². The number of amides is 1. The van der Waals surface area contributed by atoms with Gasteiger partial charge < -0.3 is 10.6 Å². The van der Waals surface area contributed by atoms with Crippen LogP contribution >= 0.6 is 11.6 Å². The Bertz CT molecular complexity index is 405. The normalized spacial score (nSPS) is 10.5. The number of rotatable bonds is 6. The van der Waals surface area contributed by atoms with Crippen LogP contribution in [-0.2, 0) is 0 Å². The first kappa shape index (κ1) is 14.8. The van der Waals surface area contributed by atoms with Gasteiger partial charge in [-0.2, -0.15) is 0 Å². The van der Waals surface area contributed by atoms with Crippen LogP contribution in [0.15, 0.2) is 12.3 Å². The fourth-order valence-electron chi connectivity index (χ4n) is 1.66. The van der Waals surface area contributed by atoms with Gasteiger partial charge in [0.1, 0.15) is 5.82 Å². The van der Waals surface area contributed by atoms with E-state index in [1.165, 1.54) is 6.20 Å². The van der Waals surface area contributed by atoms with Crippen molar-refractivity contribution >= 4 is 23.3 Å². The van der Waals surface area contributed by atoms with E-state index in [-0.39, 0.29) is 5.91 Å². The molecule has 0 unspecified atom stereocenters. The maximum Gasteiger partial charge on any atom is 0.252 e. The first-order valence-electron chi connectivity index (χ1n) is 6.23. The number of pyridine rings is 1. The molecule has 0 radical (unpaired) electrons. The Kier molecular flexibility index (Phi) is 5.92. The highest BCUT2D eigenvalue weighted by Crippen LogP contribution is 2.18. The molecule has 0 fully saturated rings. The zero-order valence-electron chi connectivity index (χ0n) is 11.1. The molecule has 18 heavy (non-hydrogen) atoms. The first-order valence-corrected chi connectivity index (χ1v) is 6.61. The average Bonchev–Trinajstić information content (AvgIpc) is 2.40. The van der Waals surface area contributed by atoms with Crippen LogP contribution in [0.3, 0.4) is 0 Å². The second-order valence-electron chi connectivity index (χ2n) is 4.19. The second-order valence-corrected chi connectivity index (χ2v) is 4.60. The van der Waals surface area contributed by atoms with Crippen molar-refractivity contribution < 1.29 is 4.79 Å². The molecule has 0 aromatic carbocycles. The van der Waals surface area contributed by atoms with E-state index in [9.17, 15) is 4.79 Å². The van der Waals surface area contributed by atoms with Gasteiger partial charge in [-0.3, -0.25) is 4.79 Å². The molecule has 1 heterocycles. The van der Waals surface area contributed by atoms with E-state index in [2.05, 4.69) is 29.5 Å². The van der Waals surface area contributed by atoms with E-state index in [1.54, 1.807) is 13.1 Å². The van der Waals surface area contributed by atoms with Gasteiger partial charge in [0.15, 0.2) is 0 Å². The maximum absolute atomic E-state index is 12.0. The van der Waals surface area contributed by atoms with Gasteiger partial charge in [-0.15, -0.1) is 0 Å². The lowest BCUT2D eigenvalue weighted by Gasteiger charge is -2.14. The number of nitrogens with one attached hydrogen (secondary N) is 2. The number of hydrogen-bond donors (Lipinski definition) is 2. The Labute approximate surface area is 113 Å². The van der Waals surface area contributed by atoms with Crippen molar-refractivity contribution in [3.05, 3.63) is 22.8 Å². The minimum absolute atomic E-state index is 0.147. The molecule has 0 spiro atoms. The molecule has 0 saturated carbocycles. The van der Waals surface area contributed by atoms with Crippen molar-refractivity contribution in [3.8, 4) is 0 Å². The Morgan fingerprint density at radius 3 is 2.67 bits per heavy atom. The summed E-state index contributed by atoms with van der Waals surface area (Å²) >= 11 is 5.98. The molecule has 100 valence electrons. The van der Waals surface area contributed by atoms with E-state index in [0.29, 0.717) is 28.9 Å². The molecule has 4 nitrogen and oxygen atoms in total. The highest BCUT2D eigenvalue weighted by Gasteiger charge is 2.13. The molecule has 0 atom stereocenters. The number of aromatic nitrogens is 1. The van der Waals surface area contributed by atoms with Crippen molar-refractivity contribution in [1.82, 2.24) is 10.3 Å². The summed E-state index contributed by atoms with van der Waals surface area (Å²) in [5.74, 6) is 0.996. The van der Waals surface area contributed by atoms with E-state index >= 15 is 0 Å². The van der Waals surface area contributed by atoms with Gasteiger partial charge in [0.05, 0.1) is 10.6 Å². The minimum atomic E-state index is -0.147. The number of anilines is 1. The molecule has 0 aliphatic rings. The van der Waals surface area contributed by atoms with Crippen LogP contribution in [0.5, 0.6) is 0 Å². The Hall–Kier alpha value is -1.29. The van der Waals surface area contributed by atoms with Gasteiger partial charge in [-0.05, 0) is 12.0 Å². The maximum atomic E-state index is 12.0. The fraction of sp³-hybridized carbons (Fsp3) is 0.538. The van der Waals surface area contributed by atoms with E-state index in [4.69, 9.17) is 11.6 Å². The van der Waals surface area contributed by atoms with Crippen molar-refractivity contribution in [2.45, 2.75) is 26.7 Å². The summed E-state index contributed by atoms with van der Waals surface area (Å²) in [6.45, 7) is 4.93. The van der Waals surface area contributed by atoms with Gasteiger partial charge >= 0.3 is 0 Å². The molecule has 1 aromatic rings. The van der Waals surface area contributed by atoms with Crippen LogP contribution in [0, 0.1) is 5.92 Å². The molecular weight excluding hydrogens is 250 g/mol. The minimum Gasteiger partial charge on any atom is -0.373 e. The molecule has 1 amide bonds. The molecule has 1 rings (SSSR count). The SMILES string of the molecule is CCC(CC)CNC(=O)c1cc(NC)ncc1Cl. The average molecular weight is 270 g/mol. The number of carbonyl (C=O) groups excluding carboxylic acids is 1. The van der Waals surface area contributed by atoms with E-state index in [1.807, 2.05) is 0 Å². The third-order valence-electron chi connectivity index (χ3n) is 3.06. The van der Waals surface area contributed by atoms with Crippen molar-refractivity contribution in [2.75, 3.05) is 18.9 Å². The topological polar surface area (TPSA) is 54.0 Å². The standard InChI is InChI=1S/C13H20ClN3O/c1-4-9(5-2)7-17-13(18)10-6-12(15-3)16-8-11(10)14/h6,8-9H,4-5,7H2,1-3H3,(H,15,16)(H,17,18). The van der Waals surface area contributed by atoms with Gasteiger partial charge in [0.25, 0.3) is 5.91 Å².